The lowest BCUT2D eigenvalue weighted by atomic mass is 10.1. The number of rotatable bonds is 9. The van der Waals surface area contributed by atoms with Crippen LogP contribution < -0.4 is 9.47 Å². The second kappa shape index (κ2) is 11.1. The number of aryl methyl sites for hydroxylation is 1. The largest absolute Gasteiger partial charge is 0.335 e. The van der Waals surface area contributed by atoms with Gasteiger partial charge in [0.2, 0.25) is 5.52 Å². The molecule has 0 radical (unpaired) electrons. The molecule has 0 bridgehead atoms. The third kappa shape index (κ3) is 6.34. The van der Waals surface area contributed by atoms with E-state index in [9.17, 15) is 25.9 Å². The predicted molar refractivity (Wildman–Crippen MR) is 162 cm³/mol. The van der Waals surface area contributed by atoms with Crippen LogP contribution in [0.5, 0.6) is 0 Å². The summed E-state index contributed by atoms with van der Waals surface area (Å²) in [4.78, 5) is 3.07. The van der Waals surface area contributed by atoms with Crippen LogP contribution in [0.15, 0.2) is 69.0 Å². The van der Waals surface area contributed by atoms with E-state index in [1.807, 2.05) is 48.5 Å². The highest BCUT2D eigenvalue weighted by Gasteiger charge is 2.30. The van der Waals surface area contributed by atoms with Gasteiger partial charge in [0.1, 0.15) is 4.70 Å². The molecule has 0 saturated heterocycles. The lowest BCUT2D eigenvalue weighted by molar-refractivity contribution is -0.667. The summed E-state index contributed by atoms with van der Waals surface area (Å²) in [7, 11) is -8.25. The van der Waals surface area contributed by atoms with Crippen molar-refractivity contribution < 1.29 is 30.5 Å². The van der Waals surface area contributed by atoms with Crippen molar-refractivity contribution in [1.82, 2.24) is 0 Å². The van der Waals surface area contributed by atoms with Gasteiger partial charge in [0, 0.05) is 22.3 Å². The molecule has 0 spiro atoms. The smallest absolute Gasteiger partial charge is 0.267 e. The number of nitrogens with zero attached hydrogens (tertiary/aromatic N) is 2. The molecule has 1 aliphatic rings. The van der Waals surface area contributed by atoms with Gasteiger partial charge in [0.25, 0.3) is 25.2 Å². The van der Waals surface area contributed by atoms with Crippen molar-refractivity contribution in [2.24, 2.45) is 0 Å². The van der Waals surface area contributed by atoms with Crippen molar-refractivity contribution in [3.63, 3.8) is 0 Å². The van der Waals surface area contributed by atoms with Gasteiger partial charge >= 0.3 is 0 Å². The average Bonchev–Trinajstić information content (AvgIpc) is 3.38. The number of hydrogen-bond acceptors (Lipinski definition) is 7. The van der Waals surface area contributed by atoms with Gasteiger partial charge in [-0.15, -0.1) is 0 Å². The summed E-state index contributed by atoms with van der Waals surface area (Å²) in [5.41, 5.74) is 1.93. The fourth-order valence-electron chi connectivity index (χ4n) is 4.59. The molecule has 2 heterocycles. The number of aromatic nitrogens is 1. The van der Waals surface area contributed by atoms with Gasteiger partial charge in [-0.1, -0.05) is 63.3 Å². The van der Waals surface area contributed by atoms with Crippen molar-refractivity contribution in [3.05, 3.63) is 69.1 Å². The second-order valence-corrected chi connectivity index (χ2v) is 15.8. The summed E-state index contributed by atoms with van der Waals surface area (Å²) in [5.74, 6) is -0.341. The number of anilines is 1. The summed E-state index contributed by atoms with van der Waals surface area (Å²) in [6.45, 7) is 2.25. The Labute approximate surface area is 244 Å². The van der Waals surface area contributed by atoms with E-state index in [-0.39, 0.29) is 18.6 Å². The number of hydrogen-bond donors (Lipinski definition) is 2. The molecule has 1 aliphatic heterocycles. The summed E-state index contributed by atoms with van der Waals surface area (Å²) in [5, 5.41) is 3.00. The first-order valence-electron chi connectivity index (χ1n) is 12.1. The molecule has 2 N–H and O–H groups in total. The monoisotopic (exact) mass is 669 g/mol. The molecule has 4 aromatic rings. The molecule has 3 aromatic carbocycles. The third-order valence-corrected chi connectivity index (χ3v) is 11.4. The zero-order valence-electron chi connectivity index (χ0n) is 20.8. The van der Waals surface area contributed by atoms with E-state index >= 15 is 0 Å². The Hall–Kier alpha value is -2.00. The quantitative estimate of drug-likeness (QED) is 0.166. The molecule has 39 heavy (non-hydrogen) atoms. The Bertz CT molecular complexity index is 1820. The standard InChI is InChI=1S/C26H25BrN2O6S4/c1-17(39(33,34)35)11-13-28-21-15-19(27)8-10-22(21)36-24(28)16-25-29(12-4-14-38(30,31)32)26-20-6-3-2-5-18(20)7-9-23(26)37-25/h2-3,5-10,15-17H,4,11-14H2,1H3,(H-,30,31,32,33,34,35)/p+1. The lowest BCUT2D eigenvalue weighted by Gasteiger charge is -2.21. The number of benzene rings is 3. The maximum Gasteiger partial charge on any atom is 0.267 e. The number of thioether (sulfide) groups is 1. The van der Waals surface area contributed by atoms with Crippen LogP contribution in [-0.4, -0.2) is 43.5 Å². The first kappa shape index (κ1) is 28.5. The Balaban J connectivity index is 1.61. The maximum atomic E-state index is 11.7. The van der Waals surface area contributed by atoms with Gasteiger partial charge in [-0.25, -0.2) is 0 Å². The fourth-order valence-corrected chi connectivity index (χ4v) is 8.15. The highest BCUT2D eigenvalue weighted by molar-refractivity contribution is 9.10. The molecule has 13 heteroatoms. The molecule has 1 atom stereocenters. The van der Waals surface area contributed by atoms with Gasteiger partial charge < -0.3 is 4.90 Å². The van der Waals surface area contributed by atoms with Crippen molar-refractivity contribution in [3.8, 4) is 0 Å². The van der Waals surface area contributed by atoms with Crippen molar-refractivity contribution in [2.75, 3.05) is 17.2 Å². The van der Waals surface area contributed by atoms with Gasteiger partial charge in [-0.05, 0) is 49.1 Å². The normalized spacial score (nSPS) is 15.9. The minimum absolute atomic E-state index is 0.230. The van der Waals surface area contributed by atoms with E-state index in [2.05, 4.69) is 37.5 Å². The molecule has 0 amide bonds. The van der Waals surface area contributed by atoms with E-state index in [1.165, 1.54) is 6.92 Å². The molecular weight excluding hydrogens is 644 g/mol. The van der Waals surface area contributed by atoms with Gasteiger partial charge in [0.15, 0.2) is 6.54 Å². The predicted octanol–water partition coefficient (Wildman–Crippen LogP) is 5.96. The van der Waals surface area contributed by atoms with Crippen molar-refractivity contribution >= 4 is 92.0 Å². The molecule has 1 unspecified atom stereocenters. The van der Waals surface area contributed by atoms with Crippen LogP contribution in [-0.2, 0) is 26.8 Å². The van der Waals surface area contributed by atoms with Gasteiger partial charge in [-0.2, -0.15) is 21.4 Å². The van der Waals surface area contributed by atoms with E-state index in [0.717, 1.165) is 46.1 Å². The third-order valence-electron chi connectivity index (χ3n) is 6.61. The molecule has 206 valence electrons. The van der Waals surface area contributed by atoms with Crippen LogP contribution in [0.4, 0.5) is 5.69 Å². The second-order valence-electron chi connectivity index (χ2n) is 9.33. The van der Waals surface area contributed by atoms with Crippen molar-refractivity contribution in [1.29, 1.82) is 0 Å². The summed E-state index contributed by atoms with van der Waals surface area (Å²) < 4.78 is 69.1. The van der Waals surface area contributed by atoms with Crippen LogP contribution in [0.25, 0.3) is 27.1 Å². The molecule has 1 aromatic heterocycles. The van der Waals surface area contributed by atoms with Gasteiger partial charge in [0.05, 0.1) is 33.2 Å². The van der Waals surface area contributed by atoms with Crippen LogP contribution in [0.2, 0.25) is 0 Å². The van der Waals surface area contributed by atoms with Crippen LogP contribution >= 0.6 is 39.0 Å². The molecular formula is C26H26BrN2O6S4+. The Kier molecular flexibility index (Phi) is 8.13. The Morgan fingerprint density at radius 1 is 1.08 bits per heavy atom. The van der Waals surface area contributed by atoms with Crippen LogP contribution in [0.3, 0.4) is 0 Å². The van der Waals surface area contributed by atoms with E-state index in [1.54, 1.807) is 23.1 Å². The molecule has 8 nitrogen and oxygen atoms in total. The molecule has 0 fully saturated rings. The zero-order chi connectivity index (χ0) is 27.9. The maximum absolute atomic E-state index is 11.7. The van der Waals surface area contributed by atoms with Crippen LogP contribution in [0, 0.1) is 0 Å². The van der Waals surface area contributed by atoms with Crippen LogP contribution in [0.1, 0.15) is 24.8 Å². The number of halogens is 1. The minimum Gasteiger partial charge on any atom is -0.335 e. The number of thiazole rings is 1. The van der Waals surface area contributed by atoms with Crippen molar-refractivity contribution in [2.45, 2.75) is 36.5 Å². The number of fused-ring (bicyclic) bond motifs is 4. The fraction of sp³-hybridized carbons (Fsp3) is 0.269. The summed E-state index contributed by atoms with van der Waals surface area (Å²) in [6, 6.07) is 18.1. The zero-order valence-corrected chi connectivity index (χ0v) is 25.7. The first-order valence-corrected chi connectivity index (χ1v) is 17.7. The highest BCUT2D eigenvalue weighted by Crippen LogP contribution is 2.48. The summed E-state index contributed by atoms with van der Waals surface area (Å²) in [6.07, 6.45) is 2.52. The molecule has 0 aliphatic carbocycles. The topological polar surface area (TPSA) is 116 Å². The first-order chi connectivity index (χ1) is 18.4. The average molecular weight is 671 g/mol. The minimum atomic E-state index is -4.16. The Morgan fingerprint density at radius 2 is 1.85 bits per heavy atom. The van der Waals surface area contributed by atoms with E-state index in [4.69, 9.17) is 0 Å². The SMILES string of the molecule is CC(CCN1C(=Cc2sc3ccc4ccccc4c3[n+]2CCCS(=O)(=O)O)Sc2ccc(Br)cc21)S(=O)(=O)O. The highest BCUT2D eigenvalue weighted by atomic mass is 79.9. The van der Waals surface area contributed by atoms with E-state index in [0.29, 0.717) is 13.1 Å². The van der Waals surface area contributed by atoms with E-state index < -0.39 is 25.5 Å². The molecule has 0 saturated carbocycles. The lowest BCUT2D eigenvalue weighted by Crippen LogP contribution is -2.36. The summed E-state index contributed by atoms with van der Waals surface area (Å²) >= 11 is 6.68. The Morgan fingerprint density at radius 3 is 2.59 bits per heavy atom. The molecule has 5 rings (SSSR count). The van der Waals surface area contributed by atoms with Gasteiger partial charge in [-0.3, -0.25) is 9.11 Å².